The first-order chi connectivity index (χ1) is 17.4. The third-order valence-electron chi connectivity index (χ3n) is 6.34. The van der Waals surface area contributed by atoms with Gasteiger partial charge in [0.05, 0.1) is 29.5 Å². The largest absolute Gasteiger partial charge is 0.494 e. The molecule has 4 aromatic rings. The average Bonchev–Trinajstić information content (AvgIpc) is 3.58. The normalized spacial score (nSPS) is 14.7. The van der Waals surface area contributed by atoms with Crippen LogP contribution in [0.1, 0.15) is 40.9 Å². The number of ether oxygens (including phenoxy) is 1. The first-order valence-electron chi connectivity index (χ1n) is 11.8. The lowest BCUT2D eigenvalue weighted by Gasteiger charge is -2.26. The minimum Gasteiger partial charge on any atom is -0.494 e. The number of aryl methyl sites for hydroxylation is 1. The second-order valence-corrected chi connectivity index (χ2v) is 11.6. The van der Waals surface area contributed by atoms with Crippen LogP contribution in [0.3, 0.4) is 0 Å². The number of fused-ring (bicyclic) bond motifs is 1. The molecule has 1 aliphatic rings. The van der Waals surface area contributed by atoms with Crippen LogP contribution < -0.4 is 9.64 Å². The first-order valence-corrected chi connectivity index (χ1v) is 14.0. The Morgan fingerprint density at radius 3 is 2.53 bits per heavy atom. The maximum absolute atomic E-state index is 13.7. The highest BCUT2D eigenvalue weighted by Gasteiger charge is 2.28. The van der Waals surface area contributed by atoms with E-state index in [1.54, 1.807) is 42.5 Å². The molecule has 10 heteroatoms. The second kappa shape index (κ2) is 10.0. The molecule has 0 radical (unpaired) electrons. The molecule has 0 aliphatic carbocycles. The summed E-state index contributed by atoms with van der Waals surface area (Å²) in [4.78, 5) is 20.2. The van der Waals surface area contributed by atoms with Crippen LogP contribution in [0.15, 0.2) is 64.1 Å². The van der Waals surface area contributed by atoms with E-state index in [1.165, 1.54) is 27.8 Å². The van der Waals surface area contributed by atoms with E-state index in [9.17, 15) is 13.2 Å². The van der Waals surface area contributed by atoms with Crippen molar-refractivity contribution < 1.29 is 22.4 Å². The van der Waals surface area contributed by atoms with Crippen molar-refractivity contribution in [1.29, 1.82) is 0 Å². The van der Waals surface area contributed by atoms with Gasteiger partial charge in [-0.25, -0.2) is 13.4 Å². The number of hydrogen-bond acceptors (Lipinski definition) is 7. The van der Waals surface area contributed by atoms with Gasteiger partial charge in [0.25, 0.3) is 5.91 Å². The molecule has 0 saturated carbocycles. The highest BCUT2D eigenvalue weighted by atomic mass is 32.2. The van der Waals surface area contributed by atoms with Crippen molar-refractivity contribution in [2.24, 2.45) is 0 Å². The maximum atomic E-state index is 13.7. The van der Waals surface area contributed by atoms with Crippen LogP contribution in [0.2, 0.25) is 0 Å². The summed E-state index contributed by atoms with van der Waals surface area (Å²) in [5, 5.41) is 0.504. The van der Waals surface area contributed by atoms with E-state index in [0.29, 0.717) is 40.8 Å². The molecule has 0 bridgehead atoms. The molecule has 188 valence electrons. The van der Waals surface area contributed by atoms with Gasteiger partial charge in [0, 0.05) is 18.7 Å². The molecule has 5 rings (SSSR count). The third-order valence-corrected chi connectivity index (χ3v) is 9.46. The van der Waals surface area contributed by atoms with E-state index in [1.807, 2.05) is 19.1 Å². The van der Waals surface area contributed by atoms with Crippen LogP contribution in [-0.4, -0.2) is 43.8 Å². The number of furan rings is 1. The van der Waals surface area contributed by atoms with Gasteiger partial charge in [0.15, 0.2) is 5.13 Å². The van der Waals surface area contributed by atoms with Gasteiger partial charge in [-0.2, -0.15) is 4.31 Å². The quantitative estimate of drug-likeness (QED) is 0.328. The first kappa shape index (κ1) is 24.5. The fourth-order valence-electron chi connectivity index (χ4n) is 4.34. The number of thiazole rings is 1. The summed E-state index contributed by atoms with van der Waals surface area (Å²) in [5.74, 6) is 0.940. The zero-order chi connectivity index (χ0) is 25.3. The van der Waals surface area contributed by atoms with E-state index in [0.717, 1.165) is 29.5 Å². The number of carbonyl (C=O) groups is 1. The van der Waals surface area contributed by atoms with Crippen molar-refractivity contribution in [3.05, 3.63) is 71.7 Å². The highest BCUT2D eigenvalue weighted by Crippen LogP contribution is 2.37. The number of piperidine rings is 1. The predicted molar refractivity (Wildman–Crippen MR) is 139 cm³/mol. The number of benzene rings is 2. The molecule has 1 amide bonds. The molecule has 36 heavy (non-hydrogen) atoms. The summed E-state index contributed by atoms with van der Waals surface area (Å²) in [7, 11) is -1.99. The van der Waals surface area contributed by atoms with Gasteiger partial charge < -0.3 is 9.15 Å². The lowest BCUT2D eigenvalue weighted by molar-refractivity contribution is 0.0983. The third kappa shape index (κ3) is 4.63. The SMILES string of the molecule is COc1ccc(C)c2sc(N(Cc3ccco3)C(=O)c3ccc(S(=O)(=O)N4CCCCC4)cc3)nc12. The Morgan fingerprint density at radius 2 is 1.86 bits per heavy atom. The molecule has 8 nitrogen and oxygen atoms in total. The summed E-state index contributed by atoms with van der Waals surface area (Å²) in [6.45, 7) is 3.23. The van der Waals surface area contributed by atoms with Crippen molar-refractivity contribution in [3.8, 4) is 5.75 Å². The standard InChI is InChI=1S/C26H27N3O5S2/c1-18-8-13-22(33-2)23-24(18)35-26(27-23)29(17-20-7-6-16-34-20)25(30)19-9-11-21(12-10-19)36(31,32)28-14-4-3-5-15-28/h6-13,16H,3-5,14-15,17H2,1-2H3. The number of hydrogen-bond donors (Lipinski definition) is 0. The van der Waals surface area contributed by atoms with Crippen LogP contribution >= 0.6 is 11.3 Å². The van der Waals surface area contributed by atoms with E-state index < -0.39 is 10.0 Å². The minimum atomic E-state index is -3.58. The molecule has 0 atom stereocenters. The lowest BCUT2D eigenvalue weighted by atomic mass is 10.2. The van der Waals surface area contributed by atoms with Gasteiger partial charge in [-0.1, -0.05) is 23.8 Å². The molecule has 0 unspecified atom stereocenters. The van der Waals surface area contributed by atoms with Crippen LogP contribution in [0.5, 0.6) is 5.75 Å². The lowest BCUT2D eigenvalue weighted by Crippen LogP contribution is -2.35. The van der Waals surface area contributed by atoms with Crippen molar-refractivity contribution in [1.82, 2.24) is 9.29 Å². The monoisotopic (exact) mass is 525 g/mol. The summed E-state index contributed by atoms with van der Waals surface area (Å²) >= 11 is 1.40. The van der Waals surface area contributed by atoms with Crippen LogP contribution in [-0.2, 0) is 16.6 Å². The zero-order valence-corrected chi connectivity index (χ0v) is 21.8. The van der Waals surface area contributed by atoms with Crippen LogP contribution in [0, 0.1) is 6.92 Å². The Hall–Kier alpha value is -3.21. The molecular formula is C26H27N3O5S2. The number of carbonyl (C=O) groups excluding carboxylic acids is 1. The van der Waals surface area contributed by atoms with E-state index >= 15 is 0 Å². The molecule has 0 N–H and O–H groups in total. The number of aromatic nitrogens is 1. The number of methoxy groups -OCH3 is 1. The van der Waals surface area contributed by atoms with Gasteiger partial charge in [0.1, 0.15) is 17.0 Å². The Kier molecular flexibility index (Phi) is 6.83. The van der Waals surface area contributed by atoms with Gasteiger partial charge in [-0.05, 0) is 67.8 Å². The second-order valence-electron chi connectivity index (χ2n) is 8.72. The minimum absolute atomic E-state index is 0.181. The van der Waals surface area contributed by atoms with Crippen LogP contribution in [0.25, 0.3) is 10.2 Å². The zero-order valence-electron chi connectivity index (χ0n) is 20.1. The van der Waals surface area contributed by atoms with E-state index in [2.05, 4.69) is 0 Å². The molecule has 2 aromatic heterocycles. The number of anilines is 1. The van der Waals surface area contributed by atoms with Crippen LogP contribution in [0.4, 0.5) is 5.13 Å². The average molecular weight is 526 g/mol. The smallest absolute Gasteiger partial charge is 0.260 e. The fourth-order valence-corrected chi connectivity index (χ4v) is 6.91. The van der Waals surface area contributed by atoms with Crippen molar-refractivity contribution in [2.45, 2.75) is 37.6 Å². The van der Waals surface area contributed by atoms with Gasteiger partial charge in [-0.3, -0.25) is 9.69 Å². The number of amides is 1. The molecule has 1 fully saturated rings. The van der Waals surface area contributed by atoms with E-state index in [-0.39, 0.29) is 17.3 Å². The van der Waals surface area contributed by atoms with Gasteiger partial charge in [0.2, 0.25) is 10.0 Å². The fraction of sp³-hybridized carbons (Fsp3) is 0.308. The Morgan fingerprint density at radius 1 is 1.11 bits per heavy atom. The maximum Gasteiger partial charge on any atom is 0.260 e. The van der Waals surface area contributed by atoms with Crippen molar-refractivity contribution in [3.63, 3.8) is 0 Å². The molecule has 0 spiro atoms. The molecular weight excluding hydrogens is 498 g/mol. The number of rotatable bonds is 7. The Bertz CT molecular complexity index is 1470. The van der Waals surface area contributed by atoms with Crippen molar-refractivity contribution in [2.75, 3.05) is 25.1 Å². The summed E-state index contributed by atoms with van der Waals surface area (Å²) in [6.07, 6.45) is 4.33. The van der Waals surface area contributed by atoms with E-state index in [4.69, 9.17) is 14.1 Å². The Balaban J connectivity index is 1.49. The number of nitrogens with zero attached hydrogens (tertiary/aromatic N) is 3. The van der Waals surface area contributed by atoms with Gasteiger partial charge >= 0.3 is 0 Å². The summed E-state index contributed by atoms with van der Waals surface area (Å²) in [5.41, 5.74) is 2.09. The molecule has 1 aliphatic heterocycles. The summed E-state index contributed by atoms with van der Waals surface area (Å²) < 4.78 is 39.5. The molecule has 3 heterocycles. The summed E-state index contributed by atoms with van der Waals surface area (Å²) in [6, 6.07) is 13.5. The highest BCUT2D eigenvalue weighted by molar-refractivity contribution is 7.89. The van der Waals surface area contributed by atoms with Crippen molar-refractivity contribution >= 4 is 42.6 Å². The topological polar surface area (TPSA) is 92.9 Å². The number of sulfonamides is 1. The molecule has 1 saturated heterocycles. The van der Waals surface area contributed by atoms with Gasteiger partial charge in [-0.15, -0.1) is 0 Å². The Labute approximate surface area is 214 Å². The predicted octanol–water partition coefficient (Wildman–Crippen LogP) is 5.23. The molecule has 2 aromatic carbocycles.